The zero-order chi connectivity index (χ0) is 21.5. The van der Waals surface area contributed by atoms with Gasteiger partial charge in [-0.3, -0.25) is 0 Å². The molecule has 1 aliphatic rings. The molecule has 31 heavy (non-hydrogen) atoms. The summed E-state index contributed by atoms with van der Waals surface area (Å²) in [7, 11) is 4.92. The van der Waals surface area contributed by atoms with E-state index in [0.717, 1.165) is 39.6 Å². The van der Waals surface area contributed by atoms with Gasteiger partial charge < -0.3 is 19.9 Å². The van der Waals surface area contributed by atoms with Gasteiger partial charge in [-0.05, 0) is 29.0 Å². The van der Waals surface area contributed by atoms with Gasteiger partial charge in [-0.15, -0.1) is 0 Å². The summed E-state index contributed by atoms with van der Waals surface area (Å²) in [5.41, 5.74) is 11.9. The molecule has 0 aliphatic heterocycles. The number of anilines is 1. The Hall–Kier alpha value is -3.73. The highest BCUT2D eigenvalue weighted by Gasteiger charge is 2.32. The third-order valence-electron chi connectivity index (χ3n) is 6.14. The third kappa shape index (κ3) is 2.88. The van der Waals surface area contributed by atoms with Crippen LogP contribution in [0.15, 0.2) is 60.7 Å². The largest absolute Gasteiger partial charge is 0.493 e. The van der Waals surface area contributed by atoms with Crippen molar-refractivity contribution in [3.63, 3.8) is 0 Å². The molecule has 4 aromatic rings. The Morgan fingerprint density at radius 1 is 0.806 bits per heavy atom. The molecule has 1 aliphatic carbocycles. The lowest BCUT2D eigenvalue weighted by Gasteiger charge is -2.30. The molecular weight excluding hydrogens is 388 g/mol. The Morgan fingerprint density at radius 3 is 2.26 bits per heavy atom. The van der Waals surface area contributed by atoms with Gasteiger partial charge in [0.05, 0.1) is 27.0 Å². The van der Waals surface area contributed by atoms with Crippen LogP contribution >= 0.6 is 0 Å². The van der Waals surface area contributed by atoms with Crippen molar-refractivity contribution in [3.8, 4) is 28.5 Å². The van der Waals surface area contributed by atoms with Gasteiger partial charge in [-0.25, -0.2) is 4.98 Å². The molecule has 0 saturated carbocycles. The lowest BCUT2D eigenvalue weighted by Crippen LogP contribution is -2.16. The van der Waals surface area contributed by atoms with Crippen molar-refractivity contribution in [1.29, 1.82) is 0 Å². The Bertz CT molecular complexity index is 1300. The van der Waals surface area contributed by atoms with Crippen molar-refractivity contribution >= 4 is 16.6 Å². The number of rotatable bonds is 4. The molecule has 0 amide bonds. The summed E-state index contributed by atoms with van der Waals surface area (Å²) in [5, 5.41) is 2.08. The second kappa shape index (κ2) is 7.51. The number of nitrogens with zero attached hydrogens (tertiary/aromatic N) is 1. The molecule has 0 radical (unpaired) electrons. The van der Waals surface area contributed by atoms with Crippen LogP contribution in [0.3, 0.4) is 0 Å². The number of benzene rings is 3. The van der Waals surface area contributed by atoms with Crippen LogP contribution < -0.4 is 19.9 Å². The predicted octanol–water partition coefficient (Wildman–Crippen LogP) is 5.20. The van der Waals surface area contributed by atoms with E-state index in [4.69, 9.17) is 24.9 Å². The van der Waals surface area contributed by atoms with Gasteiger partial charge >= 0.3 is 0 Å². The fourth-order valence-electron chi connectivity index (χ4n) is 4.78. The molecule has 0 saturated heterocycles. The lowest BCUT2D eigenvalue weighted by atomic mass is 9.75. The number of pyridine rings is 1. The van der Waals surface area contributed by atoms with Crippen LogP contribution in [0.1, 0.15) is 22.6 Å². The second-order valence-corrected chi connectivity index (χ2v) is 7.64. The molecule has 5 nitrogen and oxygen atoms in total. The van der Waals surface area contributed by atoms with Crippen LogP contribution in [-0.4, -0.2) is 26.3 Å². The van der Waals surface area contributed by atoms with Crippen molar-refractivity contribution in [2.75, 3.05) is 27.1 Å². The maximum Gasteiger partial charge on any atom is 0.203 e. The average Bonchev–Trinajstić information content (AvgIpc) is 2.82. The number of hydrogen-bond acceptors (Lipinski definition) is 5. The summed E-state index contributed by atoms with van der Waals surface area (Å²) in [6, 6.07) is 20.6. The number of methoxy groups -OCH3 is 3. The number of hydrogen-bond donors (Lipinski definition) is 1. The fraction of sp³-hybridized carbons (Fsp3) is 0.192. The van der Waals surface area contributed by atoms with E-state index in [9.17, 15) is 0 Å². The van der Waals surface area contributed by atoms with Crippen LogP contribution in [0, 0.1) is 0 Å². The first kappa shape index (κ1) is 19.2. The average molecular weight is 412 g/mol. The van der Waals surface area contributed by atoms with E-state index in [1.807, 2.05) is 30.3 Å². The van der Waals surface area contributed by atoms with Gasteiger partial charge in [0.25, 0.3) is 0 Å². The standard InChI is InChI=1S/C26H24N2O3/c1-29-21-13-12-18(24(30-2)25(21)31-3)20-14-15-8-4-5-9-16(15)23-22(20)17-10-6-7-11-19(17)26(27)28-23/h4-13,20H,14H2,1-3H3,(H2,27,28). The topological polar surface area (TPSA) is 66.6 Å². The molecule has 0 spiro atoms. The molecule has 0 fully saturated rings. The molecule has 1 heterocycles. The summed E-state index contributed by atoms with van der Waals surface area (Å²) in [6.45, 7) is 0. The highest BCUT2D eigenvalue weighted by atomic mass is 16.5. The quantitative estimate of drug-likeness (QED) is 0.499. The van der Waals surface area contributed by atoms with Crippen molar-refractivity contribution in [1.82, 2.24) is 4.98 Å². The molecule has 1 atom stereocenters. The number of nitrogens with two attached hydrogens (primary N) is 1. The summed E-state index contributed by atoms with van der Waals surface area (Å²) in [6.07, 6.45) is 0.824. The Kier molecular flexibility index (Phi) is 4.66. The minimum Gasteiger partial charge on any atom is -0.493 e. The first-order chi connectivity index (χ1) is 15.2. The van der Waals surface area contributed by atoms with Gasteiger partial charge in [-0.1, -0.05) is 54.6 Å². The van der Waals surface area contributed by atoms with Crippen LogP contribution in [0.4, 0.5) is 5.82 Å². The SMILES string of the molecule is COc1ccc(C2Cc3ccccc3-c3nc(N)c4ccccc4c32)c(OC)c1OC. The number of fused-ring (bicyclic) bond motifs is 5. The van der Waals surface area contributed by atoms with Gasteiger partial charge in [-0.2, -0.15) is 0 Å². The second-order valence-electron chi connectivity index (χ2n) is 7.64. The zero-order valence-corrected chi connectivity index (χ0v) is 17.8. The van der Waals surface area contributed by atoms with Crippen LogP contribution in [0.25, 0.3) is 22.0 Å². The molecular formula is C26H24N2O3. The molecule has 2 N–H and O–H groups in total. The maximum atomic E-state index is 6.39. The van der Waals surface area contributed by atoms with Gasteiger partial charge in [0.1, 0.15) is 5.82 Å². The molecule has 156 valence electrons. The van der Waals surface area contributed by atoms with Crippen LogP contribution in [0.5, 0.6) is 17.2 Å². The predicted molar refractivity (Wildman–Crippen MR) is 123 cm³/mol. The number of aromatic nitrogens is 1. The molecule has 1 unspecified atom stereocenters. The first-order valence-electron chi connectivity index (χ1n) is 10.2. The van der Waals surface area contributed by atoms with E-state index in [1.165, 1.54) is 5.56 Å². The molecule has 5 heteroatoms. The van der Waals surface area contributed by atoms with Crippen molar-refractivity contribution in [2.45, 2.75) is 12.3 Å². The number of nitrogen functional groups attached to an aromatic ring is 1. The van der Waals surface area contributed by atoms with Crippen molar-refractivity contribution < 1.29 is 14.2 Å². The lowest BCUT2D eigenvalue weighted by molar-refractivity contribution is 0.321. The minimum atomic E-state index is 0.0256. The van der Waals surface area contributed by atoms with Gasteiger partial charge in [0.2, 0.25) is 5.75 Å². The Morgan fingerprint density at radius 2 is 1.52 bits per heavy atom. The molecule has 0 bridgehead atoms. The van der Waals surface area contributed by atoms with E-state index < -0.39 is 0 Å². The van der Waals surface area contributed by atoms with Gasteiger partial charge in [0, 0.05) is 22.4 Å². The van der Waals surface area contributed by atoms with E-state index >= 15 is 0 Å². The van der Waals surface area contributed by atoms with Crippen molar-refractivity contribution in [3.05, 3.63) is 77.4 Å². The molecule has 3 aromatic carbocycles. The zero-order valence-electron chi connectivity index (χ0n) is 17.8. The summed E-state index contributed by atoms with van der Waals surface area (Å²) < 4.78 is 17.0. The summed E-state index contributed by atoms with van der Waals surface area (Å²) in [4.78, 5) is 4.87. The summed E-state index contributed by atoms with van der Waals surface area (Å²) >= 11 is 0. The number of ether oxygens (including phenoxy) is 3. The normalized spacial score (nSPS) is 14.6. The van der Waals surface area contributed by atoms with E-state index in [0.29, 0.717) is 23.1 Å². The van der Waals surface area contributed by atoms with E-state index in [-0.39, 0.29) is 5.92 Å². The first-order valence-corrected chi connectivity index (χ1v) is 10.2. The van der Waals surface area contributed by atoms with Crippen LogP contribution in [0.2, 0.25) is 0 Å². The van der Waals surface area contributed by atoms with E-state index in [1.54, 1.807) is 21.3 Å². The third-order valence-corrected chi connectivity index (χ3v) is 6.14. The Balaban J connectivity index is 1.86. The molecule has 5 rings (SSSR count). The van der Waals surface area contributed by atoms with Gasteiger partial charge in [0.15, 0.2) is 11.5 Å². The maximum absolute atomic E-state index is 6.39. The Labute approximate surface area is 181 Å². The monoisotopic (exact) mass is 412 g/mol. The van der Waals surface area contributed by atoms with Crippen molar-refractivity contribution in [2.24, 2.45) is 0 Å². The fourth-order valence-corrected chi connectivity index (χ4v) is 4.78. The summed E-state index contributed by atoms with van der Waals surface area (Å²) in [5.74, 6) is 2.48. The van der Waals surface area contributed by atoms with Crippen LogP contribution in [-0.2, 0) is 6.42 Å². The highest BCUT2D eigenvalue weighted by Crippen LogP contribution is 2.51. The smallest absolute Gasteiger partial charge is 0.203 e. The highest BCUT2D eigenvalue weighted by molar-refractivity contribution is 5.98. The minimum absolute atomic E-state index is 0.0256. The van der Waals surface area contributed by atoms with E-state index in [2.05, 4.69) is 30.3 Å². The molecule has 1 aromatic heterocycles.